The van der Waals surface area contributed by atoms with E-state index in [0.717, 1.165) is 25.7 Å². The third-order valence-corrected chi connectivity index (χ3v) is 6.29. The average Bonchev–Trinajstić information content (AvgIpc) is 2.87. The van der Waals surface area contributed by atoms with Gasteiger partial charge in [0.1, 0.15) is 10.6 Å². The van der Waals surface area contributed by atoms with Crippen molar-refractivity contribution in [2.24, 2.45) is 11.7 Å². The van der Waals surface area contributed by atoms with Gasteiger partial charge in [0, 0.05) is 6.04 Å². The SMILES string of the molecule is Cc1noc(C)c1S(=O)(=O)NC(C)C(=O)NC1CCCCC1CN.Cl. The van der Waals surface area contributed by atoms with Gasteiger partial charge in [-0.15, -0.1) is 12.4 Å². The zero-order chi connectivity index (χ0) is 17.9. The number of rotatable bonds is 6. The van der Waals surface area contributed by atoms with Crippen molar-refractivity contribution in [1.82, 2.24) is 15.2 Å². The maximum Gasteiger partial charge on any atom is 0.246 e. The number of aromatic nitrogens is 1. The van der Waals surface area contributed by atoms with Crippen molar-refractivity contribution in [2.75, 3.05) is 6.54 Å². The van der Waals surface area contributed by atoms with Crippen LogP contribution in [-0.2, 0) is 14.8 Å². The largest absolute Gasteiger partial charge is 0.360 e. The number of carbonyl (C=O) groups is 1. The lowest BCUT2D eigenvalue weighted by molar-refractivity contribution is -0.123. The first kappa shape index (κ1) is 21.9. The Morgan fingerprint density at radius 2 is 2.00 bits per heavy atom. The number of hydrogen-bond acceptors (Lipinski definition) is 6. The van der Waals surface area contributed by atoms with Crippen LogP contribution in [0.4, 0.5) is 0 Å². The van der Waals surface area contributed by atoms with Gasteiger partial charge in [-0.3, -0.25) is 4.79 Å². The third kappa shape index (κ3) is 5.16. The molecule has 1 saturated carbocycles. The lowest BCUT2D eigenvalue weighted by atomic mass is 9.84. The van der Waals surface area contributed by atoms with Gasteiger partial charge in [-0.2, -0.15) is 4.72 Å². The number of carbonyl (C=O) groups excluding carboxylic acids is 1. The van der Waals surface area contributed by atoms with E-state index in [1.807, 2.05) is 0 Å². The molecule has 10 heteroatoms. The molecule has 3 atom stereocenters. The first-order valence-corrected chi connectivity index (χ1v) is 9.70. The van der Waals surface area contributed by atoms with Gasteiger partial charge < -0.3 is 15.6 Å². The second-order valence-electron chi connectivity index (χ2n) is 6.39. The summed E-state index contributed by atoms with van der Waals surface area (Å²) in [5.41, 5.74) is 6.03. The minimum atomic E-state index is -3.87. The number of hydrogen-bond donors (Lipinski definition) is 3. The van der Waals surface area contributed by atoms with E-state index in [1.165, 1.54) is 13.8 Å². The van der Waals surface area contributed by atoms with E-state index in [4.69, 9.17) is 10.3 Å². The quantitative estimate of drug-likeness (QED) is 0.660. The smallest absolute Gasteiger partial charge is 0.246 e. The molecule has 1 aliphatic rings. The Morgan fingerprint density at radius 1 is 1.36 bits per heavy atom. The van der Waals surface area contributed by atoms with Crippen molar-refractivity contribution in [2.45, 2.75) is 63.4 Å². The highest BCUT2D eigenvalue weighted by Gasteiger charge is 2.31. The van der Waals surface area contributed by atoms with Crippen LogP contribution < -0.4 is 15.8 Å². The Balaban J connectivity index is 0.00000312. The topological polar surface area (TPSA) is 127 Å². The van der Waals surface area contributed by atoms with Crippen molar-refractivity contribution in [3.05, 3.63) is 11.5 Å². The van der Waals surface area contributed by atoms with Gasteiger partial charge in [0.25, 0.3) is 0 Å². The van der Waals surface area contributed by atoms with Crippen molar-refractivity contribution < 1.29 is 17.7 Å². The molecule has 0 spiro atoms. The second-order valence-corrected chi connectivity index (χ2v) is 8.04. The van der Waals surface area contributed by atoms with E-state index in [2.05, 4.69) is 15.2 Å². The summed E-state index contributed by atoms with van der Waals surface area (Å²) in [6, 6.07) is -0.897. The summed E-state index contributed by atoms with van der Waals surface area (Å²) >= 11 is 0. The first-order chi connectivity index (χ1) is 11.3. The molecule has 1 aromatic heterocycles. The molecule has 4 N–H and O–H groups in total. The van der Waals surface area contributed by atoms with E-state index >= 15 is 0 Å². The standard InChI is InChI=1S/C15H26N4O4S.ClH/c1-9-14(11(3)23-18-9)24(21,22)19-10(2)15(20)17-13-7-5-4-6-12(13)8-16;/h10,12-13,19H,4-8,16H2,1-3H3,(H,17,20);1H. The van der Waals surface area contributed by atoms with E-state index in [1.54, 1.807) is 6.92 Å². The van der Waals surface area contributed by atoms with Crippen LogP contribution in [0.25, 0.3) is 0 Å². The number of sulfonamides is 1. The predicted molar refractivity (Wildman–Crippen MR) is 96.0 cm³/mol. The molecule has 0 saturated heterocycles. The van der Waals surface area contributed by atoms with Gasteiger partial charge >= 0.3 is 0 Å². The van der Waals surface area contributed by atoms with Crippen molar-refractivity contribution in [1.29, 1.82) is 0 Å². The third-order valence-electron chi connectivity index (χ3n) is 4.50. The maximum absolute atomic E-state index is 12.5. The van der Waals surface area contributed by atoms with Crippen LogP contribution in [-0.4, -0.2) is 38.1 Å². The highest BCUT2D eigenvalue weighted by molar-refractivity contribution is 7.89. The Morgan fingerprint density at radius 3 is 2.56 bits per heavy atom. The summed E-state index contributed by atoms with van der Waals surface area (Å²) in [7, 11) is -3.87. The monoisotopic (exact) mass is 394 g/mol. The van der Waals surface area contributed by atoms with E-state index in [9.17, 15) is 13.2 Å². The highest BCUT2D eigenvalue weighted by atomic mass is 35.5. The minimum Gasteiger partial charge on any atom is -0.360 e. The molecule has 25 heavy (non-hydrogen) atoms. The second kappa shape index (κ2) is 8.98. The molecule has 0 radical (unpaired) electrons. The highest BCUT2D eigenvalue weighted by Crippen LogP contribution is 2.24. The van der Waals surface area contributed by atoms with Crippen LogP contribution in [0.2, 0.25) is 0 Å². The number of nitrogens with two attached hydrogens (primary N) is 1. The first-order valence-electron chi connectivity index (χ1n) is 8.22. The molecular formula is C15H27ClN4O4S. The Hall–Kier alpha value is -1.16. The maximum atomic E-state index is 12.5. The molecular weight excluding hydrogens is 368 g/mol. The molecule has 1 aromatic rings. The summed E-state index contributed by atoms with van der Waals surface area (Å²) in [6.45, 7) is 5.10. The van der Waals surface area contributed by atoms with Crippen LogP contribution in [0.5, 0.6) is 0 Å². The summed E-state index contributed by atoms with van der Waals surface area (Å²) in [5.74, 6) is 0.0906. The van der Waals surface area contributed by atoms with E-state index < -0.39 is 16.1 Å². The zero-order valence-corrected chi connectivity index (χ0v) is 16.4. The fraction of sp³-hybridized carbons (Fsp3) is 0.733. The molecule has 0 aromatic carbocycles. The molecule has 144 valence electrons. The fourth-order valence-electron chi connectivity index (χ4n) is 3.19. The van der Waals surface area contributed by atoms with Gasteiger partial charge in [-0.25, -0.2) is 8.42 Å². The Bertz CT molecular complexity index is 672. The summed E-state index contributed by atoms with van der Waals surface area (Å²) in [6.07, 6.45) is 4.01. The van der Waals surface area contributed by atoms with Crippen molar-refractivity contribution in [3.8, 4) is 0 Å². The molecule has 0 aliphatic heterocycles. The van der Waals surface area contributed by atoms with Crippen molar-refractivity contribution in [3.63, 3.8) is 0 Å². The number of aryl methyl sites for hydroxylation is 2. The van der Waals surface area contributed by atoms with Crippen LogP contribution in [0.15, 0.2) is 9.42 Å². The van der Waals surface area contributed by atoms with Gasteiger partial charge in [-0.1, -0.05) is 18.0 Å². The molecule has 1 heterocycles. The molecule has 1 aliphatic carbocycles. The number of halogens is 1. The zero-order valence-electron chi connectivity index (χ0n) is 14.7. The molecule has 2 rings (SSSR count). The molecule has 8 nitrogen and oxygen atoms in total. The lowest BCUT2D eigenvalue weighted by Gasteiger charge is -2.32. The molecule has 1 amide bonds. The average molecular weight is 395 g/mol. The van der Waals surface area contributed by atoms with Gasteiger partial charge in [0.05, 0.1) is 6.04 Å². The number of amides is 1. The lowest BCUT2D eigenvalue weighted by Crippen LogP contribution is -2.51. The van der Waals surface area contributed by atoms with E-state index in [-0.39, 0.29) is 46.6 Å². The van der Waals surface area contributed by atoms with Crippen LogP contribution in [0, 0.1) is 19.8 Å². The predicted octanol–water partition coefficient (Wildman–Crippen LogP) is 1.01. The summed E-state index contributed by atoms with van der Waals surface area (Å²) in [4.78, 5) is 12.4. The summed E-state index contributed by atoms with van der Waals surface area (Å²) in [5, 5.41) is 6.57. The molecule has 1 fully saturated rings. The normalized spacial score (nSPS) is 22.1. The van der Waals surface area contributed by atoms with Gasteiger partial charge in [0.2, 0.25) is 15.9 Å². The number of nitrogens with zero attached hydrogens (tertiary/aromatic N) is 1. The Kier molecular flexibility index (Phi) is 7.86. The Labute approximate surface area is 154 Å². The summed E-state index contributed by atoms with van der Waals surface area (Å²) < 4.78 is 32.2. The van der Waals surface area contributed by atoms with Crippen LogP contribution >= 0.6 is 12.4 Å². The number of nitrogens with one attached hydrogen (secondary N) is 2. The van der Waals surface area contributed by atoms with Crippen LogP contribution in [0.1, 0.15) is 44.1 Å². The van der Waals surface area contributed by atoms with Gasteiger partial charge in [0.15, 0.2) is 5.76 Å². The minimum absolute atomic E-state index is 0. The fourth-order valence-corrected chi connectivity index (χ4v) is 4.72. The molecule has 0 bridgehead atoms. The van der Waals surface area contributed by atoms with Crippen LogP contribution in [0.3, 0.4) is 0 Å². The van der Waals surface area contributed by atoms with Gasteiger partial charge in [-0.05, 0) is 46.1 Å². The van der Waals surface area contributed by atoms with Crippen molar-refractivity contribution >= 4 is 28.3 Å². The van der Waals surface area contributed by atoms with E-state index in [0.29, 0.717) is 6.54 Å². The molecule has 3 unspecified atom stereocenters.